The van der Waals surface area contributed by atoms with Gasteiger partial charge in [-0.15, -0.1) is 0 Å². The van der Waals surface area contributed by atoms with Gasteiger partial charge in [0.05, 0.1) is 19.1 Å². The maximum Gasteiger partial charge on any atom is 0.137 e. The third-order valence-electron chi connectivity index (χ3n) is 2.38. The minimum atomic E-state index is 0.605. The second-order valence-electron chi connectivity index (χ2n) is 3.67. The van der Waals surface area contributed by atoms with Crippen molar-refractivity contribution in [1.82, 2.24) is 14.5 Å². The van der Waals surface area contributed by atoms with Crippen LogP contribution in [0.3, 0.4) is 0 Å². The minimum Gasteiger partial charge on any atom is -0.490 e. The number of pyridine rings is 1. The van der Waals surface area contributed by atoms with Crippen LogP contribution in [-0.2, 0) is 13.0 Å². The molecule has 17 heavy (non-hydrogen) atoms. The molecule has 0 aliphatic rings. The molecule has 0 aliphatic heterocycles. The molecule has 0 aromatic carbocycles. The first-order valence-electron chi connectivity index (χ1n) is 5.62. The van der Waals surface area contributed by atoms with E-state index in [2.05, 4.69) is 9.97 Å². The molecule has 2 aromatic rings. The SMILES string of the molecule is NCCc1ccc(OCCn2ccnc2)cn1. The van der Waals surface area contributed by atoms with Gasteiger partial charge in [0.25, 0.3) is 0 Å². The summed E-state index contributed by atoms with van der Waals surface area (Å²) >= 11 is 0. The lowest BCUT2D eigenvalue weighted by Gasteiger charge is -2.06. The summed E-state index contributed by atoms with van der Waals surface area (Å²) in [5, 5.41) is 0. The molecular weight excluding hydrogens is 216 g/mol. The van der Waals surface area contributed by atoms with Gasteiger partial charge in [-0.3, -0.25) is 4.98 Å². The normalized spacial score (nSPS) is 10.4. The summed E-state index contributed by atoms with van der Waals surface area (Å²) < 4.78 is 7.54. The zero-order valence-electron chi connectivity index (χ0n) is 9.62. The number of aromatic nitrogens is 3. The quantitative estimate of drug-likeness (QED) is 0.802. The van der Waals surface area contributed by atoms with Gasteiger partial charge in [-0.25, -0.2) is 4.98 Å². The Morgan fingerprint density at radius 1 is 1.35 bits per heavy atom. The highest BCUT2D eigenvalue weighted by molar-refractivity contribution is 5.19. The molecule has 0 atom stereocenters. The summed E-state index contributed by atoms with van der Waals surface area (Å²) in [7, 11) is 0. The summed E-state index contributed by atoms with van der Waals surface area (Å²) in [6, 6.07) is 3.87. The van der Waals surface area contributed by atoms with E-state index in [4.69, 9.17) is 10.5 Å². The first-order valence-corrected chi connectivity index (χ1v) is 5.62. The van der Waals surface area contributed by atoms with Crippen molar-refractivity contribution < 1.29 is 4.74 Å². The Morgan fingerprint density at radius 2 is 2.29 bits per heavy atom. The van der Waals surface area contributed by atoms with Crippen LogP contribution < -0.4 is 10.5 Å². The number of hydrogen-bond donors (Lipinski definition) is 1. The molecule has 5 nitrogen and oxygen atoms in total. The maximum absolute atomic E-state index is 5.57. The molecule has 0 bridgehead atoms. The van der Waals surface area contributed by atoms with Crippen LogP contribution in [0, 0.1) is 0 Å². The van der Waals surface area contributed by atoms with Gasteiger partial charge >= 0.3 is 0 Å². The Hall–Kier alpha value is -1.88. The van der Waals surface area contributed by atoms with Crippen molar-refractivity contribution in [3.05, 3.63) is 42.7 Å². The van der Waals surface area contributed by atoms with Crippen molar-refractivity contribution in [2.24, 2.45) is 5.73 Å². The standard InChI is InChI=1S/C12H16N4O/c13-4-3-11-1-2-12(9-15-11)17-8-7-16-6-5-14-10-16/h1-2,5-6,9-10H,3-4,7-8,13H2. The molecule has 0 unspecified atom stereocenters. The van der Waals surface area contributed by atoms with E-state index in [-0.39, 0.29) is 0 Å². The fourth-order valence-corrected chi connectivity index (χ4v) is 1.48. The average Bonchev–Trinajstić information content (AvgIpc) is 2.85. The van der Waals surface area contributed by atoms with Crippen molar-refractivity contribution in [2.75, 3.05) is 13.2 Å². The predicted molar refractivity (Wildman–Crippen MR) is 64.7 cm³/mol. The molecule has 2 aromatic heterocycles. The molecule has 0 aliphatic carbocycles. The van der Waals surface area contributed by atoms with Crippen LogP contribution in [0.5, 0.6) is 5.75 Å². The fourth-order valence-electron chi connectivity index (χ4n) is 1.48. The van der Waals surface area contributed by atoms with Crippen molar-refractivity contribution in [2.45, 2.75) is 13.0 Å². The Bertz CT molecular complexity index is 424. The highest BCUT2D eigenvalue weighted by atomic mass is 16.5. The van der Waals surface area contributed by atoms with E-state index >= 15 is 0 Å². The molecule has 90 valence electrons. The van der Waals surface area contributed by atoms with E-state index in [1.54, 1.807) is 18.7 Å². The second kappa shape index (κ2) is 6.00. The summed E-state index contributed by atoms with van der Waals surface area (Å²) in [5.41, 5.74) is 6.45. The van der Waals surface area contributed by atoms with Crippen molar-refractivity contribution in [1.29, 1.82) is 0 Å². The van der Waals surface area contributed by atoms with E-state index < -0.39 is 0 Å². The number of rotatable bonds is 6. The fraction of sp³-hybridized carbons (Fsp3) is 0.333. The molecule has 0 saturated heterocycles. The molecule has 2 N–H and O–H groups in total. The van der Waals surface area contributed by atoms with Gasteiger partial charge in [0, 0.05) is 24.5 Å². The van der Waals surface area contributed by atoms with Gasteiger partial charge in [0.1, 0.15) is 12.4 Å². The Balaban J connectivity index is 1.79. The number of ether oxygens (including phenoxy) is 1. The maximum atomic E-state index is 5.57. The van der Waals surface area contributed by atoms with E-state index in [1.807, 2.05) is 22.9 Å². The Morgan fingerprint density at radius 3 is 2.94 bits per heavy atom. The third kappa shape index (κ3) is 3.57. The topological polar surface area (TPSA) is 66.0 Å². The van der Waals surface area contributed by atoms with Crippen LogP contribution >= 0.6 is 0 Å². The molecule has 2 rings (SSSR count). The van der Waals surface area contributed by atoms with E-state index in [9.17, 15) is 0 Å². The minimum absolute atomic E-state index is 0.605. The second-order valence-corrected chi connectivity index (χ2v) is 3.67. The molecule has 0 saturated carbocycles. The average molecular weight is 232 g/mol. The lowest BCUT2D eigenvalue weighted by molar-refractivity contribution is 0.297. The van der Waals surface area contributed by atoms with Crippen LogP contribution in [0.2, 0.25) is 0 Å². The summed E-state index contributed by atoms with van der Waals surface area (Å²) in [6.07, 6.45) is 7.97. The highest BCUT2D eigenvalue weighted by Gasteiger charge is 1.97. The summed E-state index contributed by atoms with van der Waals surface area (Å²) in [4.78, 5) is 8.22. The Labute approximate surface area is 100 Å². The van der Waals surface area contributed by atoms with Crippen LogP contribution in [0.25, 0.3) is 0 Å². The largest absolute Gasteiger partial charge is 0.490 e. The van der Waals surface area contributed by atoms with Crippen LogP contribution in [-0.4, -0.2) is 27.7 Å². The molecule has 5 heteroatoms. The lowest BCUT2D eigenvalue weighted by atomic mass is 10.3. The molecule has 0 radical (unpaired) electrons. The molecule has 0 spiro atoms. The monoisotopic (exact) mass is 232 g/mol. The van der Waals surface area contributed by atoms with Gasteiger partial charge in [0.2, 0.25) is 0 Å². The summed E-state index contributed by atoms with van der Waals surface area (Å²) in [5.74, 6) is 0.783. The van der Waals surface area contributed by atoms with Crippen molar-refractivity contribution in [3.8, 4) is 5.75 Å². The van der Waals surface area contributed by atoms with Crippen molar-refractivity contribution in [3.63, 3.8) is 0 Å². The highest BCUT2D eigenvalue weighted by Crippen LogP contribution is 2.09. The number of imidazole rings is 1. The first kappa shape index (κ1) is 11.6. The van der Waals surface area contributed by atoms with Crippen molar-refractivity contribution >= 4 is 0 Å². The van der Waals surface area contributed by atoms with Gasteiger partial charge in [-0.2, -0.15) is 0 Å². The molecular formula is C12H16N4O. The predicted octanol–water partition coefficient (Wildman–Crippen LogP) is 0.858. The zero-order valence-corrected chi connectivity index (χ0v) is 9.62. The van der Waals surface area contributed by atoms with Gasteiger partial charge in [0.15, 0.2) is 0 Å². The van der Waals surface area contributed by atoms with Gasteiger partial charge in [-0.1, -0.05) is 0 Å². The molecule has 2 heterocycles. The van der Waals surface area contributed by atoms with E-state index in [0.29, 0.717) is 13.2 Å². The first-order chi connectivity index (χ1) is 8.38. The Kier molecular flexibility index (Phi) is 4.10. The number of nitrogens with two attached hydrogens (primary N) is 1. The summed E-state index contributed by atoms with van der Waals surface area (Å²) in [6.45, 7) is 2.01. The number of hydrogen-bond acceptors (Lipinski definition) is 4. The van der Waals surface area contributed by atoms with E-state index in [1.165, 1.54) is 0 Å². The lowest BCUT2D eigenvalue weighted by Crippen LogP contribution is -2.07. The van der Waals surface area contributed by atoms with Gasteiger partial charge < -0.3 is 15.0 Å². The van der Waals surface area contributed by atoms with Gasteiger partial charge in [-0.05, 0) is 18.7 Å². The van der Waals surface area contributed by atoms with E-state index in [0.717, 1.165) is 24.4 Å². The van der Waals surface area contributed by atoms with Crippen LogP contribution in [0.15, 0.2) is 37.1 Å². The van der Waals surface area contributed by atoms with Crippen LogP contribution in [0.1, 0.15) is 5.69 Å². The smallest absolute Gasteiger partial charge is 0.137 e. The third-order valence-corrected chi connectivity index (χ3v) is 2.38. The number of nitrogens with zero attached hydrogens (tertiary/aromatic N) is 3. The van der Waals surface area contributed by atoms with Crippen LogP contribution in [0.4, 0.5) is 0 Å². The molecule has 0 fully saturated rings. The molecule has 0 amide bonds. The zero-order chi connectivity index (χ0) is 11.9.